The first-order valence-electron chi connectivity index (χ1n) is 16.0. The number of nitrogens with one attached hydrogen (secondary N) is 4. The molecule has 2 aromatic carbocycles. The van der Waals surface area contributed by atoms with Gasteiger partial charge in [-0.05, 0) is 87.4 Å². The van der Waals surface area contributed by atoms with Crippen LogP contribution in [-0.2, 0) is 30.8 Å². The second-order valence-electron chi connectivity index (χ2n) is 12.1. The molecule has 3 aromatic rings. The van der Waals surface area contributed by atoms with Crippen molar-refractivity contribution >= 4 is 66.2 Å². The lowest BCUT2D eigenvalue weighted by Crippen LogP contribution is -2.57. The van der Waals surface area contributed by atoms with Gasteiger partial charge in [-0.25, -0.2) is 13.1 Å². The third-order valence-electron chi connectivity index (χ3n) is 8.03. The lowest BCUT2D eigenvalue weighted by atomic mass is 10.0. The number of benzene rings is 2. The molecule has 260 valence electrons. The van der Waals surface area contributed by atoms with E-state index in [9.17, 15) is 27.6 Å². The van der Waals surface area contributed by atoms with Gasteiger partial charge >= 0.3 is 0 Å². The van der Waals surface area contributed by atoms with E-state index >= 15 is 0 Å². The van der Waals surface area contributed by atoms with Crippen molar-refractivity contribution in [2.45, 2.75) is 70.0 Å². The molecule has 1 saturated heterocycles. The quantitative estimate of drug-likeness (QED) is 0.116. The van der Waals surface area contributed by atoms with Crippen LogP contribution in [0.2, 0.25) is 0 Å². The Labute approximate surface area is 288 Å². The van der Waals surface area contributed by atoms with E-state index < -0.39 is 45.9 Å². The number of nitrogens with zero attached hydrogens (tertiary/aromatic N) is 1. The minimum absolute atomic E-state index is 0.0822. The lowest BCUT2D eigenvalue weighted by molar-refractivity contribution is -0.137. The Morgan fingerprint density at radius 1 is 0.938 bits per heavy atom. The number of nitrogen functional groups attached to an aromatic ring is 1. The van der Waals surface area contributed by atoms with E-state index in [1.807, 2.05) is 12.1 Å². The van der Waals surface area contributed by atoms with Gasteiger partial charge in [0.2, 0.25) is 27.7 Å². The molecule has 1 aliphatic heterocycles. The maximum Gasteiger partial charge on any atom is 0.287 e. The largest absolute Gasteiger partial charge is 0.451 e. The first kappa shape index (κ1) is 36.9. The van der Waals surface area contributed by atoms with Gasteiger partial charge in [0.15, 0.2) is 5.76 Å². The van der Waals surface area contributed by atoms with Crippen molar-refractivity contribution in [3.05, 3.63) is 64.3 Å². The van der Waals surface area contributed by atoms with Crippen LogP contribution in [0.25, 0.3) is 11.0 Å². The van der Waals surface area contributed by atoms with Crippen molar-refractivity contribution < 1.29 is 32.0 Å². The van der Waals surface area contributed by atoms with E-state index in [1.54, 1.807) is 48.2 Å². The number of anilines is 1. The molecule has 3 atom stereocenters. The van der Waals surface area contributed by atoms with Gasteiger partial charge in [-0.3, -0.25) is 19.2 Å². The number of carbonyl (C=O) groups excluding carboxylic acids is 4. The number of hydrogen-bond donors (Lipinski definition) is 5. The molecule has 4 amide bonds. The van der Waals surface area contributed by atoms with Gasteiger partial charge < -0.3 is 31.0 Å². The number of fused-ring (bicyclic) bond motifs is 1. The number of carbonyl (C=O) groups is 4. The summed E-state index contributed by atoms with van der Waals surface area (Å²) >= 11 is 3.37. The van der Waals surface area contributed by atoms with Crippen LogP contribution in [0.4, 0.5) is 5.69 Å². The van der Waals surface area contributed by atoms with Crippen LogP contribution in [0.15, 0.2) is 57.4 Å². The predicted molar refractivity (Wildman–Crippen MR) is 186 cm³/mol. The monoisotopic (exact) mass is 746 g/mol. The van der Waals surface area contributed by atoms with E-state index in [2.05, 4.69) is 36.6 Å². The highest BCUT2D eigenvalue weighted by Crippen LogP contribution is 2.23. The topological polar surface area (TPSA) is 193 Å². The molecule has 0 radical (unpaired) electrons. The molecule has 0 spiro atoms. The predicted octanol–water partition coefficient (Wildman–Crippen LogP) is 2.84. The standard InChI is InChI=1S/C33H43BrN6O7S/c1-21(33(44)40-16-6-3-7-17-40)37-31(42)27(18-22-9-13-25(35)14-10-22)38-30(41)26(39-48(2,45)46)8-4-5-15-36-32(43)29-19-23-11-12-24(34)20-28(23)47-29/h9-14,19-21,26-27,39H,3-8,15-18,35H2,1-2H3,(H,36,43)(H,37,42)(H,38,41)/t21-,26-,27-/m0/s1. The average Bonchev–Trinajstić information content (AvgIpc) is 3.47. The molecule has 15 heteroatoms. The summed E-state index contributed by atoms with van der Waals surface area (Å²) in [6, 6.07) is 10.8. The molecule has 1 aromatic heterocycles. The van der Waals surface area contributed by atoms with Gasteiger partial charge in [0.1, 0.15) is 23.7 Å². The van der Waals surface area contributed by atoms with Crippen LogP contribution in [0.5, 0.6) is 0 Å². The minimum Gasteiger partial charge on any atom is -0.451 e. The van der Waals surface area contributed by atoms with Crippen LogP contribution >= 0.6 is 15.9 Å². The Balaban J connectivity index is 1.37. The summed E-state index contributed by atoms with van der Waals surface area (Å²) in [5.74, 6) is -1.69. The molecule has 13 nitrogen and oxygen atoms in total. The zero-order chi connectivity index (χ0) is 34.8. The van der Waals surface area contributed by atoms with Crippen molar-refractivity contribution in [1.29, 1.82) is 0 Å². The number of hydrogen-bond acceptors (Lipinski definition) is 8. The minimum atomic E-state index is -3.80. The van der Waals surface area contributed by atoms with Crippen LogP contribution in [0, 0.1) is 0 Å². The highest BCUT2D eigenvalue weighted by molar-refractivity contribution is 9.10. The molecule has 2 heterocycles. The second-order valence-corrected chi connectivity index (χ2v) is 14.8. The number of nitrogens with two attached hydrogens (primary N) is 1. The van der Waals surface area contributed by atoms with E-state index in [-0.39, 0.29) is 31.1 Å². The van der Waals surface area contributed by atoms with Crippen LogP contribution in [0.3, 0.4) is 0 Å². The summed E-state index contributed by atoms with van der Waals surface area (Å²) in [4.78, 5) is 54.3. The van der Waals surface area contributed by atoms with Crippen molar-refractivity contribution in [2.24, 2.45) is 0 Å². The number of likely N-dealkylation sites (tertiary alicyclic amines) is 1. The SMILES string of the molecule is C[C@H](NC(=O)[C@H](Cc1ccc(N)cc1)NC(=O)[C@H](CCCCNC(=O)c1cc2ccc(Br)cc2o1)NS(C)(=O)=O)C(=O)N1CCCCC1. The Bertz CT molecular complexity index is 1710. The number of piperidine rings is 1. The first-order valence-corrected chi connectivity index (χ1v) is 18.7. The highest BCUT2D eigenvalue weighted by atomic mass is 79.9. The summed E-state index contributed by atoms with van der Waals surface area (Å²) < 4.78 is 33.2. The number of halogens is 1. The Hall–Kier alpha value is -3.95. The first-order chi connectivity index (χ1) is 22.8. The zero-order valence-corrected chi connectivity index (χ0v) is 29.5. The summed E-state index contributed by atoms with van der Waals surface area (Å²) in [7, 11) is -3.80. The van der Waals surface area contributed by atoms with E-state index in [4.69, 9.17) is 10.2 Å². The average molecular weight is 748 g/mol. The molecule has 0 saturated carbocycles. The van der Waals surface area contributed by atoms with Crippen molar-refractivity contribution in [3.63, 3.8) is 0 Å². The van der Waals surface area contributed by atoms with E-state index in [0.29, 0.717) is 42.8 Å². The van der Waals surface area contributed by atoms with Crippen molar-refractivity contribution in [3.8, 4) is 0 Å². The summed E-state index contributed by atoms with van der Waals surface area (Å²) in [6.45, 7) is 3.13. The van der Waals surface area contributed by atoms with Gasteiger partial charge in [-0.2, -0.15) is 0 Å². The number of rotatable bonds is 15. The van der Waals surface area contributed by atoms with Gasteiger partial charge in [0.05, 0.1) is 6.26 Å². The molecule has 48 heavy (non-hydrogen) atoms. The van der Waals surface area contributed by atoms with Crippen molar-refractivity contribution in [1.82, 2.24) is 25.6 Å². The molecular formula is C33H43BrN6O7S. The molecular weight excluding hydrogens is 704 g/mol. The zero-order valence-electron chi connectivity index (χ0n) is 27.1. The second kappa shape index (κ2) is 16.9. The lowest BCUT2D eigenvalue weighted by Gasteiger charge is -2.30. The fourth-order valence-corrected chi connectivity index (χ4v) is 6.60. The number of amides is 4. The summed E-state index contributed by atoms with van der Waals surface area (Å²) in [5.41, 5.74) is 7.63. The number of sulfonamides is 1. The molecule has 0 aliphatic carbocycles. The Morgan fingerprint density at radius 3 is 2.31 bits per heavy atom. The molecule has 6 N–H and O–H groups in total. The number of unbranched alkanes of at least 4 members (excludes halogenated alkanes) is 1. The van der Waals surface area contributed by atoms with Crippen LogP contribution in [-0.4, -0.2) is 81.0 Å². The molecule has 0 bridgehead atoms. The van der Waals surface area contributed by atoms with Crippen LogP contribution in [0.1, 0.15) is 61.6 Å². The Morgan fingerprint density at radius 2 is 1.62 bits per heavy atom. The fraction of sp³-hybridized carbons (Fsp3) is 0.455. The highest BCUT2D eigenvalue weighted by Gasteiger charge is 2.30. The molecule has 4 rings (SSSR count). The normalized spacial score (nSPS) is 15.4. The van der Waals surface area contributed by atoms with Gasteiger partial charge in [-0.15, -0.1) is 0 Å². The molecule has 1 aliphatic rings. The van der Waals surface area contributed by atoms with Gasteiger partial charge in [-0.1, -0.05) is 28.1 Å². The van der Waals surface area contributed by atoms with Gasteiger partial charge in [0, 0.05) is 41.6 Å². The summed E-state index contributed by atoms with van der Waals surface area (Å²) in [6.07, 6.45) is 4.82. The Kier molecular flexibility index (Phi) is 13.0. The molecule has 1 fully saturated rings. The number of furan rings is 1. The maximum atomic E-state index is 13.5. The summed E-state index contributed by atoms with van der Waals surface area (Å²) in [5, 5.41) is 9.01. The van der Waals surface area contributed by atoms with E-state index in [0.717, 1.165) is 35.4 Å². The van der Waals surface area contributed by atoms with Crippen LogP contribution < -0.4 is 26.4 Å². The third-order valence-corrected chi connectivity index (χ3v) is 9.24. The third kappa shape index (κ3) is 11.1. The maximum absolute atomic E-state index is 13.5. The molecule has 0 unspecified atom stereocenters. The van der Waals surface area contributed by atoms with E-state index in [1.165, 1.54) is 0 Å². The smallest absolute Gasteiger partial charge is 0.287 e. The van der Waals surface area contributed by atoms with Gasteiger partial charge in [0.25, 0.3) is 5.91 Å². The van der Waals surface area contributed by atoms with Crippen molar-refractivity contribution in [2.75, 3.05) is 31.6 Å². The fourth-order valence-electron chi connectivity index (χ4n) is 5.52.